The van der Waals surface area contributed by atoms with Gasteiger partial charge in [-0.1, -0.05) is 0 Å². The number of nitrogens with two attached hydrogens (primary N) is 1. The summed E-state index contributed by atoms with van der Waals surface area (Å²) in [4.78, 5) is 30.1. The van der Waals surface area contributed by atoms with E-state index in [-0.39, 0.29) is 17.5 Å². The van der Waals surface area contributed by atoms with Gasteiger partial charge >= 0.3 is 0 Å². The molecule has 0 aliphatic carbocycles. The van der Waals surface area contributed by atoms with Crippen molar-refractivity contribution in [2.75, 3.05) is 11.1 Å². The number of nitrogens with zero attached hydrogens (tertiary/aromatic N) is 1. The maximum atomic E-state index is 11.9. The summed E-state index contributed by atoms with van der Waals surface area (Å²) in [6.45, 7) is 5.53. The smallest absolute Gasteiger partial charge is 0.258 e. The van der Waals surface area contributed by atoms with Gasteiger partial charge in [0.15, 0.2) is 0 Å². The van der Waals surface area contributed by atoms with Crippen LogP contribution in [-0.4, -0.2) is 28.0 Å². The number of H-pyrrole nitrogens is 1. The van der Waals surface area contributed by atoms with E-state index in [1.165, 1.54) is 6.33 Å². The molecule has 1 heterocycles. The lowest BCUT2D eigenvalue weighted by Crippen LogP contribution is -2.41. The second-order valence-electron chi connectivity index (χ2n) is 5.22. The van der Waals surface area contributed by atoms with E-state index >= 15 is 0 Å². The number of anilines is 2. The number of nitrogens with one attached hydrogen (secondary N) is 3. The molecule has 0 fully saturated rings. The summed E-state index contributed by atoms with van der Waals surface area (Å²) in [5.74, 6) is -0.122. The zero-order chi connectivity index (χ0) is 15.6. The third-order valence-electron chi connectivity index (χ3n) is 3.01. The van der Waals surface area contributed by atoms with Crippen LogP contribution in [-0.2, 0) is 4.79 Å². The highest BCUT2D eigenvalue weighted by Crippen LogP contribution is 2.23. The van der Waals surface area contributed by atoms with Crippen molar-refractivity contribution in [1.82, 2.24) is 15.3 Å². The van der Waals surface area contributed by atoms with Gasteiger partial charge in [-0.05, 0) is 32.9 Å². The molecule has 1 amide bonds. The molecule has 2 aromatic rings. The van der Waals surface area contributed by atoms with E-state index in [1.807, 2.05) is 13.8 Å². The number of hydrogen-bond donors (Lipinski definition) is 4. The van der Waals surface area contributed by atoms with Crippen molar-refractivity contribution in [3.05, 3.63) is 28.8 Å². The number of nitrogen functional groups attached to an aromatic ring is 1. The lowest BCUT2D eigenvalue weighted by Gasteiger charge is -2.18. The maximum Gasteiger partial charge on any atom is 0.258 e. The van der Waals surface area contributed by atoms with Gasteiger partial charge in [-0.2, -0.15) is 0 Å². The molecule has 2 rings (SSSR count). The van der Waals surface area contributed by atoms with E-state index in [1.54, 1.807) is 19.1 Å². The zero-order valence-corrected chi connectivity index (χ0v) is 12.2. The van der Waals surface area contributed by atoms with Gasteiger partial charge in [0.25, 0.3) is 5.56 Å². The summed E-state index contributed by atoms with van der Waals surface area (Å²) in [6.07, 6.45) is 1.33. The maximum absolute atomic E-state index is 11.9. The summed E-state index contributed by atoms with van der Waals surface area (Å²) < 4.78 is 0. The molecule has 0 aliphatic heterocycles. The first-order valence-electron chi connectivity index (χ1n) is 6.72. The minimum absolute atomic E-state index is 0.0657. The predicted molar refractivity (Wildman–Crippen MR) is 83.1 cm³/mol. The molecule has 0 saturated carbocycles. The fourth-order valence-corrected chi connectivity index (χ4v) is 1.97. The molecular weight excluding hydrogens is 270 g/mol. The molecule has 0 spiro atoms. The lowest BCUT2D eigenvalue weighted by atomic mass is 10.1. The monoisotopic (exact) mass is 289 g/mol. The number of hydrogen-bond acceptors (Lipinski definition) is 5. The molecule has 21 heavy (non-hydrogen) atoms. The fraction of sp³-hybridized carbons (Fsp3) is 0.357. The highest BCUT2D eigenvalue weighted by molar-refractivity contribution is 5.91. The number of amides is 1. The molecular formula is C14H19N5O2. The number of benzene rings is 1. The van der Waals surface area contributed by atoms with Crippen LogP contribution in [0, 0.1) is 0 Å². The van der Waals surface area contributed by atoms with Crippen molar-refractivity contribution in [2.45, 2.75) is 32.9 Å². The molecule has 1 aromatic carbocycles. The zero-order valence-electron chi connectivity index (χ0n) is 12.2. The van der Waals surface area contributed by atoms with Crippen molar-refractivity contribution in [2.24, 2.45) is 0 Å². The molecule has 7 nitrogen and oxygen atoms in total. The Balaban J connectivity index is 2.28. The van der Waals surface area contributed by atoms with Crippen LogP contribution >= 0.6 is 0 Å². The Morgan fingerprint density at radius 1 is 1.33 bits per heavy atom. The van der Waals surface area contributed by atoms with Gasteiger partial charge in [0.05, 0.1) is 28.6 Å². The van der Waals surface area contributed by atoms with Crippen molar-refractivity contribution in [1.29, 1.82) is 0 Å². The second kappa shape index (κ2) is 5.82. The summed E-state index contributed by atoms with van der Waals surface area (Å²) in [5.41, 5.74) is 7.17. The summed E-state index contributed by atoms with van der Waals surface area (Å²) in [7, 11) is 0. The van der Waals surface area contributed by atoms with E-state index in [4.69, 9.17) is 5.73 Å². The van der Waals surface area contributed by atoms with Crippen molar-refractivity contribution < 1.29 is 4.79 Å². The molecule has 0 aliphatic rings. The highest BCUT2D eigenvalue weighted by Gasteiger charge is 2.15. The molecule has 0 bridgehead atoms. The topological polar surface area (TPSA) is 113 Å². The third-order valence-corrected chi connectivity index (χ3v) is 3.01. The molecule has 0 saturated heterocycles. The molecule has 5 N–H and O–H groups in total. The summed E-state index contributed by atoms with van der Waals surface area (Å²) in [6, 6.07) is 2.83. The van der Waals surface area contributed by atoms with E-state index in [2.05, 4.69) is 20.6 Å². The first-order valence-corrected chi connectivity index (χ1v) is 6.72. The molecule has 1 atom stereocenters. The standard InChI is InChI=1S/C14H19N5O2/c1-7(2)18-13(20)8(3)19-12-5-11-9(4-10(12)15)14(21)17-6-16-11/h4-8,19H,15H2,1-3H3,(H,18,20)(H,16,17,21). The van der Waals surface area contributed by atoms with Gasteiger partial charge in [-0.15, -0.1) is 0 Å². The van der Waals surface area contributed by atoms with Crippen LogP contribution in [0.5, 0.6) is 0 Å². The fourth-order valence-electron chi connectivity index (χ4n) is 1.97. The number of aromatic nitrogens is 2. The van der Waals surface area contributed by atoms with Crippen LogP contribution in [0.2, 0.25) is 0 Å². The Hall–Kier alpha value is -2.57. The van der Waals surface area contributed by atoms with E-state index in [0.29, 0.717) is 22.3 Å². The Kier molecular flexibility index (Phi) is 4.11. The third kappa shape index (κ3) is 3.31. The Labute approximate surface area is 122 Å². The average Bonchev–Trinajstić information content (AvgIpc) is 2.40. The lowest BCUT2D eigenvalue weighted by molar-refractivity contribution is -0.122. The second-order valence-corrected chi connectivity index (χ2v) is 5.22. The Bertz CT molecular complexity index is 723. The van der Waals surface area contributed by atoms with Gasteiger partial charge < -0.3 is 21.4 Å². The number of carbonyl (C=O) groups excluding carboxylic acids is 1. The normalized spacial score (nSPS) is 12.4. The summed E-state index contributed by atoms with van der Waals surface area (Å²) >= 11 is 0. The van der Waals surface area contributed by atoms with Crippen LogP contribution in [0.1, 0.15) is 20.8 Å². The van der Waals surface area contributed by atoms with Crippen LogP contribution in [0.15, 0.2) is 23.3 Å². The number of fused-ring (bicyclic) bond motifs is 1. The van der Waals surface area contributed by atoms with Crippen LogP contribution in [0.4, 0.5) is 11.4 Å². The van der Waals surface area contributed by atoms with Crippen molar-refractivity contribution in [3.63, 3.8) is 0 Å². The van der Waals surface area contributed by atoms with Gasteiger partial charge in [0.1, 0.15) is 6.04 Å². The first kappa shape index (κ1) is 14.8. The minimum Gasteiger partial charge on any atom is -0.397 e. The largest absolute Gasteiger partial charge is 0.397 e. The number of rotatable bonds is 4. The first-order chi connectivity index (χ1) is 9.88. The SMILES string of the molecule is CC(C)NC(=O)C(C)Nc1cc2nc[nH]c(=O)c2cc1N. The van der Waals surface area contributed by atoms with E-state index in [9.17, 15) is 9.59 Å². The van der Waals surface area contributed by atoms with Crippen molar-refractivity contribution in [3.8, 4) is 0 Å². The molecule has 7 heteroatoms. The predicted octanol–water partition coefficient (Wildman–Crippen LogP) is 0.830. The number of carbonyl (C=O) groups is 1. The van der Waals surface area contributed by atoms with Crippen LogP contribution < -0.4 is 21.9 Å². The molecule has 0 radical (unpaired) electrons. The molecule has 1 aromatic heterocycles. The van der Waals surface area contributed by atoms with Crippen LogP contribution in [0.3, 0.4) is 0 Å². The van der Waals surface area contributed by atoms with E-state index in [0.717, 1.165) is 0 Å². The van der Waals surface area contributed by atoms with Gasteiger partial charge in [-0.3, -0.25) is 9.59 Å². The molecule has 1 unspecified atom stereocenters. The highest BCUT2D eigenvalue weighted by atomic mass is 16.2. The average molecular weight is 289 g/mol. The quantitative estimate of drug-likeness (QED) is 0.623. The van der Waals surface area contributed by atoms with Gasteiger partial charge in [0.2, 0.25) is 5.91 Å². The molecule has 112 valence electrons. The van der Waals surface area contributed by atoms with Crippen LogP contribution in [0.25, 0.3) is 10.9 Å². The van der Waals surface area contributed by atoms with Gasteiger partial charge in [-0.25, -0.2) is 4.98 Å². The Morgan fingerprint density at radius 2 is 2.05 bits per heavy atom. The summed E-state index contributed by atoms with van der Waals surface area (Å²) in [5, 5.41) is 6.27. The van der Waals surface area contributed by atoms with Gasteiger partial charge in [0, 0.05) is 6.04 Å². The van der Waals surface area contributed by atoms with E-state index < -0.39 is 6.04 Å². The minimum atomic E-state index is -0.450. The van der Waals surface area contributed by atoms with Crippen molar-refractivity contribution >= 4 is 28.2 Å². The Morgan fingerprint density at radius 3 is 2.71 bits per heavy atom. The number of aromatic amines is 1.